The largest absolute Gasteiger partial charge is 0.416 e. The Morgan fingerprint density at radius 1 is 1.38 bits per heavy atom. The number of hydrogen-bond acceptors (Lipinski definition) is 7. The molecule has 0 saturated heterocycles. The summed E-state index contributed by atoms with van der Waals surface area (Å²) in [6.07, 6.45) is 0.490. The first kappa shape index (κ1) is 16.9. The van der Waals surface area contributed by atoms with Gasteiger partial charge in [-0.3, -0.25) is 4.79 Å². The lowest BCUT2D eigenvalue weighted by Crippen LogP contribution is -2.14. The Balaban J connectivity index is 1.51. The van der Waals surface area contributed by atoms with Crippen LogP contribution in [-0.4, -0.2) is 26.8 Å². The molecule has 0 unspecified atom stereocenters. The third kappa shape index (κ3) is 4.56. The predicted octanol–water partition coefficient (Wildman–Crippen LogP) is 3.81. The van der Waals surface area contributed by atoms with Crippen molar-refractivity contribution in [2.75, 3.05) is 11.1 Å². The highest BCUT2D eigenvalue weighted by molar-refractivity contribution is 7.99. The number of thiazole rings is 1. The van der Waals surface area contributed by atoms with Gasteiger partial charge in [-0.05, 0) is 19.1 Å². The Hall–Kier alpha value is -1.90. The molecule has 0 aliphatic carbocycles. The number of anilines is 1. The first-order valence-corrected chi connectivity index (χ1v) is 9.25. The number of benzene rings is 1. The molecule has 2 aromatic heterocycles. The summed E-state index contributed by atoms with van der Waals surface area (Å²) in [7, 11) is 0. The maximum absolute atomic E-state index is 11.9. The van der Waals surface area contributed by atoms with E-state index in [1.165, 1.54) is 11.8 Å². The van der Waals surface area contributed by atoms with Gasteiger partial charge in [0, 0.05) is 5.38 Å². The van der Waals surface area contributed by atoms with Crippen molar-refractivity contribution < 1.29 is 9.21 Å². The number of thioether (sulfide) groups is 1. The number of rotatable bonds is 6. The van der Waals surface area contributed by atoms with Gasteiger partial charge in [-0.15, -0.1) is 21.5 Å². The van der Waals surface area contributed by atoms with Gasteiger partial charge in [-0.2, -0.15) is 0 Å². The van der Waals surface area contributed by atoms with Crippen LogP contribution in [0, 0.1) is 6.92 Å². The zero-order valence-corrected chi connectivity index (χ0v) is 15.0. The van der Waals surface area contributed by atoms with Crippen LogP contribution in [0.5, 0.6) is 0 Å². The molecular weight excluding hydrogens is 368 g/mol. The molecule has 6 nitrogen and oxygen atoms in total. The maximum Gasteiger partial charge on any atom is 0.277 e. The van der Waals surface area contributed by atoms with Gasteiger partial charge >= 0.3 is 0 Å². The number of halogens is 1. The highest BCUT2D eigenvalue weighted by Crippen LogP contribution is 2.22. The van der Waals surface area contributed by atoms with Crippen molar-refractivity contribution in [3.05, 3.63) is 51.3 Å². The van der Waals surface area contributed by atoms with Crippen LogP contribution in [0.3, 0.4) is 0 Å². The van der Waals surface area contributed by atoms with Gasteiger partial charge in [0.1, 0.15) is 0 Å². The molecule has 0 fully saturated rings. The molecule has 0 atom stereocenters. The SMILES string of the molecule is Cc1nc(Cc2nnc(SCC(=O)Nc3ccccc3Cl)o2)cs1. The minimum Gasteiger partial charge on any atom is -0.416 e. The number of hydrogen-bond donors (Lipinski definition) is 1. The van der Waals surface area contributed by atoms with Crippen molar-refractivity contribution in [3.63, 3.8) is 0 Å². The van der Waals surface area contributed by atoms with E-state index in [2.05, 4.69) is 20.5 Å². The molecule has 0 aliphatic rings. The zero-order chi connectivity index (χ0) is 16.9. The van der Waals surface area contributed by atoms with Crippen molar-refractivity contribution in [2.45, 2.75) is 18.6 Å². The quantitative estimate of drug-likeness (QED) is 0.655. The summed E-state index contributed by atoms with van der Waals surface area (Å²) in [5.74, 6) is 0.445. The smallest absolute Gasteiger partial charge is 0.277 e. The highest BCUT2D eigenvalue weighted by atomic mass is 35.5. The summed E-state index contributed by atoms with van der Waals surface area (Å²) in [6, 6.07) is 7.07. The average molecular weight is 381 g/mol. The van der Waals surface area contributed by atoms with Gasteiger partial charge in [0.2, 0.25) is 11.8 Å². The lowest BCUT2D eigenvalue weighted by molar-refractivity contribution is -0.113. The maximum atomic E-state index is 11.9. The summed E-state index contributed by atoms with van der Waals surface area (Å²) in [5, 5.41) is 14.4. The molecule has 2 heterocycles. The lowest BCUT2D eigenvalue weighted by Gasteiger charge is -2.05. The molecule has 1 N–H and O–H groups in total. The molecule has 1 aromatic carbocycles. The molecule has 0 bridgehead atoms. The van der Waals surface area contributed by atoms with E-state index in [0.717, 1.165) is 10.7 Å². The molecule has 0 spiro atoms. The minimum absolute atomic E-state index is 0.155. The summed E-state index contributed by atoms with van der Waals surface area (Å²) in [5.41, 5.74) is 1.48. The minimum atomic E-state index is -0.192. The second-order valence-electron chi connectivity index (χ2n) is 4.81. The number of aromatic nitrogens is 3. The van der Waals surface area contributed by atoms with E-state index in [1.54, 1.807) is 35.6 Å². The number of amides is 1. The number of carbonyl (C=O) groups is 1. The number of para-hydroxylation sites is 1. The van der Waals surface area contributed by atoms with Crippen LogP contribution in [0.4, 0.5) is 5.69 Å². The van der Waals surface area contributed by atoms with E-state index >= 15 is 0 Å². The van der Waals surface area contributed by atoms with Crippen LogP contribution in [-0.2, 0) is 11.2 Å². The Labute approximate surface area is 151 Å². The van der Waals surface area contributed by atoms with Crippen molar-refractivity contribution in [1.29, 1.82) is 0 Å². The first-order valence-electron chi connectivity index (χ1n) is 7.01. The fourth-order valence-electron chi connectivity index (χ4n) is 1.89. The summed E-state index contributed by atoms with van der Waals surface area (Å²) >= 11 is 8.75. The predicted molar refractivity (Wildman–Crippen MR) is 94.8 cm³/mol. The van der Waals surface area contributed by atoms with E-state index in [4.69, 9.17) is 16.0 Å². The molecule has 0 aliphatic heterocycles. The average Bonchev–Trinajstić information content (AvgIpc) is 3.17. The van der Waals surface area contributed by atoms with Crippen LogP contribution >= 0.6 is 34.7 Å². The van der Waals surface area contributed by atoms with Crippen molar-refractivity contribution >= 4 is 46.3 Å². The fraction of sp³-hybridized carbons (Fsp3) is 0.200. The third-order valence-corrected chi connectivity index (χ3v) is 4.89. The van der Waals surface area contributed by atoms with Gasteiger partial charge in [0.05, 0.1) is 33.6 Å². The Morgan fingerprint density at radius 2 is 2.21 bits per heavy atom. The number of carbonyl (C=O) groups excluding carboxylic acids is 1. The molecule has 124 valence electrons. The van der Waals surface area contributed by atoms with Crippen LogP contribution in [0.1, 0.15) is 16.6 Å². The number of nitrogens with zero attached hydrogens (tertiary/aromatic N) is 3. The van der Waals surface area contributed by atoms with Crippen LogP contribution < -0.4 is 5.32 Å². The van der Waals surface area contributed by atoms with Gasteiger partial charge < -0.3 is 9.73 Å². The highest BCUT2D eigenvalue weighted by Gasteiger charge is 2.12. The summed E-state index contributed by atoms with van der Waals surface area (Å²) in [6.45, 7) is 1.95. The monoisotopic (exact) mass is 380 g/mol. The second kappa shape index (κ2) is 7.78. The molecule has 9 heteroatoms. The Morgan fingerprint density at radius 3 is 2.96 bits per heavy atom. The fourth-order valence-corrected chi connectivity index (χ4v) is 3.26. The first-order chi connectivity index (χ1) is 11.6. The van der Waals surface area contributed by atoms with Gasteiger partial charge in [-0.1, -0.05) is 35.5 Å². The van der Waals surface area contributed by atoms with E-state index in [1.807, 2.05) is 12.3 Å². The summed E-state index contributed by atoms with van der Waals surface area (Å²) < 4.78 is 5.52. The Bertz CT molecular complexity index is 849. The number of nitrogens with one attached hydrogen (secondary N) is 1. The van der Waals surface area contributed by atoms with Crippen molar-refractivity contribution in [3.8, 4) is 0 Å². The lowest BCUT2D eigenvalue weighted by atomic mass is 10.3. The van der Waals surface area contributed by atoms with E-state index in [9.17, 15) is 4.79 Å². The molecule has 1 amide bonds. The summed E-state index contributed by atoms with van der Waals surface area (Å²) in [4.78, 5) is 16.3. The molecule has 3 aromatic rings. The standard InChI is InChI=1S/C15H13ClN4O2S2/c1-9-17-10(7-23-9)6-14-19-20-15(22-14)24-8-13(21)18-12-5-3-2-4-11(12)16/h2-5,7H,6,8H2,1H3,(H,18,21). The van der Waals surface area contributed by atoms with E-state index in [-0.39, 0.29) is 11.7 Å². The van der Waals surface area contributed by atoms with Crippen LogP contribution in [0.15, 0.2) is 39.3 Å². The zero-order valence-electron chi connectivity index (χ0n) is 12.7. The molecular formula is C15H13ClN4O2S2. The normalized spacial score (nSPS) is 10.8. The van der Waals surface area contributed by atoms with Crippen molar-refractivity contribution in [1.82, 2.24) is 15.2 Å². The molecule has 0 radical (unpaired) electrons. The van der Waals surface area contributed by atoms with E-state index < -0.39 is 0 Å². The molecule has 0 saturated carbocycles. The van der Waals surface area contributed by atoms with Crippen LogP contribution in [0.2, 0.25) is 5.02 Å². The van der Waals surface area contributed by atoms with Gasteiger partial charge in [-0.25, -0.2) is 4.98 Å². The second-order valence-corrected chi connectivity index (χ2v) is 7.21. The van der Waals surface area contributed by atoms with E-state index in [0.29, 0.717) is 28.2 Å². The van der Waals surface area contributed by atoms with Crippen LogP contribution in [0.25, 0.3) is 0 Å². The number of aryl methyl sites for hydroxylation is 1. The molecule has 24 heavy (non-hydrogen) atoms. The topological polar surface area (TPSA) is 80.9 Å². The van der Waals surface area contributed by atoms with Crippen molar-refractivity contribution in [2.24, 2.45) is 0 Å². The third-order valence-electron chi connectivity index (χ3n) is 2.92. The Kier molecular flexibility index (Phi) is 5.49. The molecule has 3 rings (SSSR count). The van der Waals surface area contributed by atoms with Gasteiger partial charge in [0.25, 0.3) is 5.22 Å². The van der Waals surface area contributed by atoms with Gasteiger partial charge in [0.15, 0.2) is 0 Å².